The van der Waals surface area contributed by atoms with Crippen LogP contribution >= 0.6 is 11.6 Å². The quantitative estimate of drug-likeness (QED) is 0.847. The fraction of sp³-hybridized carbons (Fsp3) is 0.562. The highest BCUT2D eigenvalue weighted by Crippen LogP contribution is 2.09. The van der Waals surface area contributed by atoms with Crippen LogP contribution in [0.3, 0.4) is 0 Å². The predicted molar refractivity (Wildman–Crippen MR) is 83.2 cm³/mol. The minimum Gasteiger partial charge on any atom is -0.351 e. The van der Waals surface area contributed by atoms with E-state index in [4.69, 9.17) is 11.6 Å². The first kappa shape index (κ1) is 15.3. The molecule has 0 atom stereocenters. The Balaban J connectivity index is 1.76. The van der Waals surface area contributed by atoms with Gasteiger partial charge in [0.1, 0.15) is 0 Å². The number of hydrogen-bond acceptors (Lipinski definition) is 2. The lowest BCUT2D eigenvalue weighted by Gasteiger charge is -2.19. The minimum atomic E-state index is -0.00760. The van der Waals surface area contributed by atoms with Crippen LogP contribution < -0.4 is 5.32 Å². The smallest absolute Gasteiger partial charge is 0.251 e. The van der Waals surface area contributed by atoms with Crippen molar-refractivity contribution in [1.82, 2.24) is 10.2 Å². The van der Waals surface area contributed by atoms with Gasteiger partial charge in [0.05, 0.1) is 0 Å². The summed E-state index contributed by atoms with van der Waals surface area (Å²) in [7, 11) is 0. The van der Waals surface area contributed by atoms with E-state index in [0.29, 0.717) is 18.0 Å². The van der Waals surface area contributed by atoms with E-state index in [1.807, 2.05) is 24.3 Å². The monoisotopic (exact) mass is 294 g/mol. The molecule has 1 aromatic rings. The number of hydrogen-bond donors (Lipinski definition) is 1. The summed E-state index contributed by atoms with van der Waals surface area (Å²) in [4.78, 5) is 14.5. The third-order valence-electron chi connectivity index (χ3n) is 3.76. The molecule has 110 valence electrons. The number of carbonyl (C=O) groups excluding carboxylic acids is 1. The molecule has 2 rings (SSSR count). The highest BCUT2D eigenvalue weighted by atomic mass is 35.5. The van der Waals surface area contributed by atoms with E-state index in [-0.39, 0.29) is 5.91 Å². The molecular weight excluding hydrogens is 272 g/mol. The zero-order valence-corrected chi connectivity index (χ0v) is 12.7. The Labute approximate surface area is 126 Å². The summed E-state index contributed by atoms with van der Waals surface area (Å²) in [6.45, 7) is 3.99. The second-order valence-corrected chi connectivity index (χ2v) is 5.61. The van der Waals surface area contributed by atoms with Gasteiger partial charge < -0.3 is 10.2 Å². The number of nitrogens with one attached hydrogen (secondary N) is 1. The van der Waals surface area contributed by atoms with Crippen LogP contribution in [-0.2, 0) is 5.88 Å². The van der Waals surface area contributed by atoms with E-state index < -0.39 is 0 Å². The van der Waals surface area contributed by atoms with Crippen molar-refractivity contribution >= 4 is 17.5 Å². The van der Waals surface area contributed by atoms with Crippen molar-refractivity contribution in [2.45, 2.75) is 31.6 Å². The van der Waals surface area contributed by atoms with Crippen LogP contribution in [0.25, 0.3) is 0 Å². The second-order valence-electron chi connectivity index (χ2n) is 5.35. The molecule has 0 spiro atoms. The standard InChI is InChI=1S/C16H23ClN2O/c17-13-14-6-5-7-15(12-14)16(20)18-8-11-19-9-3-1-2-4-10-19/h5-7,12H,1-4,8-11,13H2,(H,18,20). The molecule has 1 amide bonds. The maximum Gasteiger partial charge on any atom is 0.251 e. The minimum absolute atomic E-state index is 0.00760. The maximum atomic E-state index is 12.0. The highest BCUT2D eigenvalue weighted by molar-refractivity contribution is 6.17. The Morgan fingerprint density at radius 3 is 2.65 bits per heavy atom. The number of halogens is 1. The fourth-order valence-electron chi connectivity index (χ4n) is 2.59. The van der Waals surface area contributed by atoms with Gasteiger partial charge in [-0.3, -0.25) is 4.79 Å². The van der Waals surface area contributed by atoms with E-state index in [2.05, 4.69) is 10.2 Å². The molecular formula is C16H23ClN2O. The van der Waals surface area contributed by atoms with Crippen LogP contribution in [0, 0.1) is 0 Å². The van der Waals surface area contributed by atoms with Gasteiger partial charge in [-0.15, -0.1) is 11.6 Å². The fourth-order valence-corrected chi connectivity index (χ4v) is 2.75. The zero-order chi connectivity index (χ0) is 14.2. The molecule has 4 heteroatoms. The van der Waals surface area contributed by atoms with E-state index in [9.17, 15) is 4.79 Å². The summed E-state index contributed by atoms with van der Waals surface area (Å²) in [5, 5.41) is 2.99. The van der Waals surface area contributed by atoms with Crippen molar-refractivity contribution in [3.8, 4) is 0 Å². The van der Waals surface area contributed by atoms with Crippen molar-refractivity contribution in [2.75, 3.05) is 26.2 Å². The number of nitrogens with zero attached hydrogens (tertiary/aromatic N) is 1. The molecule has 3 nitrogen and oxygen atoms in total. The summed E-state index contributed by atoms with van der Waals surface area (Å²) >= 11 is 5.79. The molecule has 1 aromatic carbocycles. The lowest BCUT2D eigenvalue weighted by molar-refractivity contribution is 0.0948. The van der Waals surface area contributed by atoms with Gasteiger partial charge in [-0.2, -0.15) is 0 Å². The summed E-state index contributed by atoms with van der Waals surface area (Å²) in [6.07, 6.45) is 5.25. The van der Waals surface area contributed by atoms with Crippen molar-refractivity contribution in [2.24, 2.45) is 0 Å². The van der Waals surface area contributed by atoms with Gasteiger partial charge in [-0.25, -0.2) is 0 Å². The molecule has 0 bridgehead atoms. The van der Waals surface area contributed by atoms with Crippen LogP contribution in [0.15, 0.2) is 24.3 Å². The van der Waals surface area contributed by atoms with Gasteiger partial charge in [0.25, 0.3) is 5.91 Å². The molecule has 1 heterocycles. The Morgan fingerprint density at radius 2 is 1.95 bits per heavy atom. The van der Waals surface area contributed by atoms with Gasteiger partial charge in [0, 0.05) is 24.5 Å². The number of alkyl halides is 1. The van der Waals surface area contributed by atoms with E-state index in [0.717, 1.165) is 25.2 Å². The summed E-state index contributed by atoms with van der Waals surface area (Å²) < 4.78 is 0. The number of amides is 1. The summed E-state index contributed by atoms with van der Waals surface area (Å²) in [5.41, 5.74) is 1.67. The second kappa shape index (κ2) is 8.28. The molecule has 0 unspecified atom stereocenters. The molecule has 0 saturated carbocycles. The van der Waals surface area contributed by atoms with Gasteiger partial charge in [0.2, 0.25) is 0 Å². The lowest BCUT2D eigenvalue weighted by atomic mass is 10.1. The molecule has 0 aromatic heterocycles. The molecule has 0 aliphatic carbocycles. The Bertz CT molecular complexity index is 428. The first-order valence-corrected chi connectivity index (χ1v) is 7.98. The van der Waals surface area contributed by atoms with Crippen LogP contribution in [0.4, 0.5) is 0 Å². The number of likely N-dealkylation sites (tertiary alicyclic amines) is 1. The van der Waals surface area contributed by atoms with E-state index in [1.54, 1.807) is 0 Å². The van der Waals surface area contributed by atoms with Gasteiger partial charge in [-0.1, -0.05) is 25.0 Å². The van der Waals surface area contributed by atoms with Crippen LogP contribution in [0.2, 0.25) is 0 Å². The lowest BCUT2D eigenvalue weighted by Crippen LogP contribution is -2.35. The summed E-state index contributed by atoms with van der Waals surface area (Å²) in [5.74, 6) is 0.432. The average molecular weight is 295 g/mol. The average Bonchev–Trinajstić information content (AvgIpc) is 2.76. The van der Waals surface area contributed by atoms with Crippen LogP contribution in [-0.4, -0.2) is 37.0 Å². The van der Waals surface area contributed by atoms with Crippen molar-refractivity contribution in [1.29, 1.82) is 0 Å². The van der Waals surface area contributed by atoms with Gasteiger partial charge in [-0.05, 0) is 43.6 Å². The maximum absolute atomic E-state index is 12.0. The molecule has 20 heavy (non-hydrogen) atoms. The third-order valence-corrected chi connectivity index (χ3v) is 4.06. The molecule has 1 aliphatic heterocycles. The molecule has 1 aliphatic rings. The van der Waals surface area contributed by atoms with E-state index in [1.165, 1.54) is 25.7 Å². The van der Waals surface area contributed by atoms with Crippen LogP contribution in [0.1, 0.15) is 41.6 Å². The van der Waals surface area contributed by atoms with Crippen molar-refractivity contribution < 1.29 is 4.79 Å². The third kappa shape index (κ3) is 4.80. The van der Waals surface area contributed by atoms with Crippen molar-refractivity contribution in [3.63, 3.8) is 0 Å². The Hall–Kier alpha value is -1.06. The van der Waals surface area contributed by atoms with E-state index >= 15 is 0 Å². The predicted octanol–water partition coefficient (Wildman–Crippen LogP) is 3.03. The Kier molecular flexibility index (Phi) is 6.34. The zero-order valence-electron chi connectivity index (χ0n) is 11.9. The normalized spacial score (nSPS) is 16.6. The summed E-state index contributed by atoms with van der Waals surface area (Å²) in [6, 6.07) is 7.49. The van der Waals surface area contributed by atoms with Gasteiger partial charge >= 0.3 is 0 Å². The van der Waals surface area contributed by atoms with Crippen molar-refractivity contribution in [3.05, 3.63) is 35.4 Å². The topological polar surface area (TPSA) is 32.3 Å². The Morgan fingerprint density at radius 1 is 1.20 bits per heavy atom. The molecule has 1 saturated heterocycles. The van der Waals surface area contributed by atoms with Gasteiger partial charge in [0.15, 0.2) is 0 Å². The SMILES string of the molecule is O=C(NCCN1CCCCCC1)c1cccc(CCl)c1. The highest BCUT2D eigenvalue weighted by Gasteiger charge is 2.10. The first-order valence-electron chi connectivity index (χ1n) is 7.45. The largest absolute Gasteiger partial charge is 0.351 e. The number of benzene rings is 1. The molecule has 1 N–H and O–H groups in total. The van der Waals surface area contributed by atoms with Crippen LogP contribution in [0.5, 0.6) is 0 Å². The number of carbonyl (C=O) groups is 1. The first-order chi connectivity index (χ1) is 9.79. The number of rotatable bonds is 5. The molecule has 0 radical (unpaired) electrons. The molecule has 1 fully saturated rings.